The van der Waals surface area contributed by atoms with Gasteiger partial charge in [0.15, 0.2) is 0 Å². The minimum Gasteiger partial charge on any atom is -0.444 e. The third kappa shape index (κ3) is 6.75. The molecular formula is C25H28F3N3O4. The third-order valence-corrected chi connectivity index (χ3v) is 5.16. The molecule has 0 aliphatic rings. The van der Waals surface area contributed by atoms with Gasteiger partial charge in [0.1, 0.15) is 29.1 Å². The van der Waals surface area contributed by atoms with Crippen LogP contribution in [0.25, 0.3) is 22.2 Å². The van der Waals surface area contributed by atoms with Crippen LogP contribution in [0.3, 0.4) is 0 Å². The minimum atomic E-state index is -1.04. The highest BCUT2D eigenvalue weighted by molar-refractivity contribution is 5.91. The van der Waals surface area contributed by atoms with Gasteiger partial charge in [0.05, 0.1) is 5.52 Å². The first-order valence-electron chi connectivity index (χ1n) is 11.1. The highest BCUT2D eigenvalue weighted by Gasteiger charge is 2.24. The number of hydrogen-bond donors (Lipinski definition) is 4. The first-order chi connectivity index (χ1) is 16.5. The van der Waals surface area contributed by atoms with Crippen molar-refractivity contribution in [3.8, 4) is 11.3 Å². The molecule has 0 fully saturated rings. The predicted molar refractivity (Wildman–Crippen MR) is 125 cm³/mol. The fourth-order valence-electron chi connectivity index (χ4n) is 3.68. The second-order valence-corrected chi connectivity index (χ2v) is 9.05. The van der Waals surface area contributed by atoms with E-state index < -0.39 is 41.1 Å². The van der Waals surface area contributed by atoms with Gasteiger partial charge in [-0.15, -0.1) is 0 Å². The smallest absolute Gasteiger partial charge is 0.408 e. The van der Waals surface area contributed by atoms with E-state index in [1.807, 2.05) is 0 Å². The zero-order chi connectivity index (χ0) is 25.8. The number of fused-ring (bicyclic) bond motifs is 1. The van der Waals surface area contributed by atoms with Crippen LogP contribution in [0.2, 0.25) is 0 Å². The molecule has 0 saturated heterocycles. The van der Waals surface area contributed by atoms with Crippen LogP contribution < -0.4 is 10.6 Å². The largest absolute Gasteiger partial charge is 0.444 e. The standard InChI is InChI=1S/C25H28F3N3O4/c1-25(2,3)35-24(34)30-20(9-11-32)23(33)29-10-8-17-18-12-16(27)13-19(28)22(18)31-21(17)14-4-6-15(26)7-5-14/h4-7,12-13,20,31-32H,8-11H2,1-3H3,(H,29,33)(H,30,34)/t20-/m0/s1. The first kappa shape index (κ1) is 26.1. The Bertz CT molecular complexity index is 1200. The summed E-state index contributed by atoms with van der Waals surface area (Å²) in [5.41, 5.74) is 0.896. The number of benzene rings is 2. The minimum absolute atomic E-state index is 0.0323. The van der Waals surface area contributed by atoms with Crippen LogP contribution in [0.5, 0.6) is 0 Å². The van der Waals surface area contributed by atoms with Crippen molar-refractivity contribution in [2.45, 2.75) is 45.3 Å². The Morgan fingerprint density at radius 2 is 1.77 bits per heavy atom. The molecule has 0 radical (unpaired) electrons. The molecule has 0 saturated carbocycles. The molecule has 3 rings (SSSR count). The lowest BCUT2D eigenvalue weighted by Gasteiger charge is -2.23. The highest BCUT2D eigenvalue weighted by atomic mass is 19.1. The molecule has 2 amide bonds. The molecule has 1 atom stereocenters. The van der Waals surface area contributed by atoms with Gasteiger partial charge in [0.25, 0.3) is 0 Å². The SMILES string of the molecule is CC(C)(C)OC(=O)N[C@@H](CCO)C(=O)NCCc1c(-c2ccc(F)cc2)[nH]c2c(F)cc(F)cc12. The Kier molecular flexibility index (Phi) is 8.06. The van der Waals surface area contributed by atoms with Gasteiger partial charge in [-0.1, -0.05) is 0 Å². The molecule has 0 unspecified atom stereocenters. The van der Waals surface area contributed by atoms with Gasteiger partial charge in [-0.05, 0) is 75.1 Å². The number of aromatic nitrogens is 1. The normalized spacial score (nSPS) is 12.4. The molecular weight excluding hydrogens is 463 g/mol. The van der Waals surface area contributed by atoms with E-state index >= 15 is 0 Å². The van der Waals surface area contributed by atoms with Crippen molar-refractivity contribution in [2.24, 2.45) is 0 Å². The second kappa shape index (κ2) is 10.8. The summed E-state index contributed by atoms with van der Waals surface area (Å²) in [6.07, 6.45) is -0.651. The molecule has 0 spiro atoms. The van der Waals surface area contributed by atoms with Crippen LogP contribution in [0.1, 0.15) is 32.8 Å². The van der Waals surface area contributed by atoms with Gasteiger partial charge in [-0.25, -0.2) is 18.0 Å². The van der Waals surface area contributed by atoms with E-state index in [1.54, 1.807) is 20.8 Å². The Labute approximate surface area is 200 Å². The molecule has 7 nitrogen and oxygen atoms in total. The van der Waals surface area contributed by atoms with Gasteiger partial charge in [-0.2, -0.15) is 0 Å². The number of H-pyrrole nitrogens is 1. The summed E-state index contributed by atoms with van der Waals surface area (Å²) in [7, 11) is 0. The van der Waals surface area contributed by atoms with Crippen molar-refractivity contribution in [1.82, 2.24) is 15.6 Å². The maximum atomic E-state index is 14.4. The van der Waals surface area contributed by atoms with Crippen molar-refractivity contribution >= 4 is 22.9 Å². The second-order valence-electron chi connectivity index (χ2n) is 9.05. The van der Waals surface area contributed by atoms with Gasteiger partial charge in [0.2, 0.25) is 5.91 Å². The molecule has 0 bridgehead atoms. The van der Waals surface area contributed by atoms with E-state index in [2.05, 4.69) is 15.6 Å². The quantitative estimate of drug-likeness (QED) is 0.380. The van der Waals surface area contributed by atoms with E-state index in [9.17, 15) is 27.9 Å². The van der Waals surface area contributed by atoms with Crippen LogP contribution in [-0.4, -0.2) is 46.9 Å². The number of halogens is 3. The van der Waals surface area contributed by atoms with Gasteiger partial charge < -0.3 is 25.5 Å². The lowest BCUT2D eigenvalue weighted by molar-refractivity contribution is -0.123. The van der Waals surface area contributed by atoms with Gasteiger partial charge >= 0.3 is 6.09 Å². The zero-order valence-electron chi connectivity index (χ0n) is 19.7. The van der Waals surface area contributed by atoms with E-state index in [-0.39, 0.29) is 31.5 Å². The number of alkyl carbamates (subject to hydrolysis) is 1. The molecule has 10 heteroatoms. The van der Waals surface area contributed by atoms with Crippen molar-refractivity contribution in [1.29, 1.82) is 0 Å². The highest BCUT2D eigenvalue weighted by Crippen LogP contribution is 2.32. The molecule has 0 aliphatic heterocycles. The number of aromatic amines is 1. The number of carbonyl (C=O) groups excluding carboxylic acids is 2. The molecule has 1 aromatic heterocycles. The summed E-state index contributed by atoms with van der Waals surface area (Å²) >= 11 is 0. The average molecular weight is 492 g/mol. The lowest BCUT2D eigenvalue weighted by Crippen LogP contribution is -2.49. The molecule has 188 valence electrons. The molecule has 35 heavy (non-hydrogen) atoms. The fraction of sp³-hybridized carbons (Fsp3) is 0.360. The van der Waals surface area contributed by atoms with Crippen molar-refractivity contribution in [3.05, 3.63) is 59.4 Å². The number of amides is 2. The Morgan fingerprint density at radius 1 is 1.09 bits per heavy atom. The summed E-state index contributed by atoms with van der Waals surface area (Å²) < 4.78 is 47.0. The number of ether oxygens (including phenoxy) is 1. The summed E-state index contributed by atoms with van der Waals surface area (Å²) in [6, 6.07) is 6.45. The summed E-state index contributed by atoms with van der Waals surface area (Å²) in [5.74, 6) is -2.52. The Hall–Kier alpha value is -3.53. The molecule has 2 aromatic carbocycles. The van der Waals surface area contributed by atoms with Crippen LogP contribution in [0.4, 0.5) is 18.0 Å². The van der Waals surface area contributed by atoms with Crippen LogP contribution in [0, 0.1) is 17.5 Å². The fourth-order valence-corrected chi connectivity index (χ4v) is 3.68. The van der Waals surface area contributed by atoms with E-state index in [0.717, 1.165) is 6.07 Å². The maximum Gasteiger partial charge on any atom is 0.408 e. The number of aliphatic hydroxyl groups is 1. The first-order valence-corrected chi connectivity index (χ1v) is 11.1. The number of rotatable bonds is 8. The zero-order valence-corrected chi connectivity index (χ0v) is 19.7. The summed E-state index contributed by atoms with van der Waals surface area (Å²) in [6.45, 7) is 4.76. The van der Waals surface area contributed by atoms with E-state index in [0.29, 0.717) is 22.2 Å². The van der Waals surface area contributed by atoms with Crippen LogP contribution in [0.15, 0.2) is 36.4 Å². The van der Waals surface area contributed by atoms with Crippen molar-refractivity contribution in [2.75, 3.05) is 13.2 Å². The number of carbonyl (C=O) groups is 2. The predicted octanol–water partition coefficient (Wildman–Crippen LogP) is 4.19. The van der Waals surface area contributed by atoms with E-state index in [4.69, 9.17) is 4.74 Å². The van der Waals surface area contributed by atoms with Crippen LogP contribution in [-0.2, 0) is 16.0 Å². The monoisotopic (exact) mass is 491 g/mol. The molecule has 1 heterocycles. The summed E-state index contributed by atoms with van der Waals surface area (Å²) in [5, 5.41) is 14.7. The van der Waals surface area contributed by atoms with E-state index in [1.165, 1.54) is 30.3 Å². The van der Waals surface area contributed by atoms with Gasteiger partial charge in [0, 0.05) is 30.3 Å². The third-order valence-electron chi connectivity index (χ3n) is 5.16. The number of aliphatic hydroxyl groups excluding tert-OH is 1. The maximum absolute atomic E-state index is 14.4. The number of nitrogens with one attached hydrogen (secondary N) is 3. The Balaban J connectivity index is 1.79. The lowest BCUT2D eigenvalue weighted by atomic mass is 10.0. The van der Waals surface area contributed by atoms with Gasteiger partial charge in [-0.3, -0.25) is 4.79 Å². The molecule has 4 N–H and O–H groups in total. The molecule has 3 aromatic rings. The van der Waals surface area contributed by atoms with Crippen molar-refractivity contribution in [3.63, 3.8) is 0 Å². The Morgan fingerprint density at radius 3 is 2.40 bits per heavy atom. The molecule has 0 aliphatic carbocycles. The van der Waals surface area contributed by atoms with Crippen LogP contribution >= 0.6 is 0 Å². The number of hydrogen-bond acceptors (Lipinski definition) is 4. The van der Waals surface area contributed by atoms with Crippen molar-refractivity contribution < 1.29 is 32.6 Å². The topological polar surface area (TPSA) is 103 Å². The average Bonchev–Trinajstić information content (AvgIpc) is 3.11. The summed E-state index contributed by atoms with van der Waals surface area (Å²) in [4.78, 5) is 27.7.